The second-order valence-corrected chi connectivity index (χ2v) is 4.72. The highest BCUT2D eigenvalue weighted by Crippen LogP contribution is 2.22. The van der Waals surface area contributed by atoms with E-state index in [-0.39, 0.29) is 12.2 Å². The third kappa shape index (κ3) is 2.91. The van der Waals surface area contributed by atoms with Crippen LogP contribution in [0.2, 0.25) is 5.02 Å². The van der Waals surface area contributed by atoms with Gasteiger partial charge < -0.3 is 9.94 Å². The molecule has 0 N–H and O–H groups in total. The summed E-state index contributed by atoms with van der Waals surface area (Å²) < 4.78 is 5.64. The summed E-state index contributed by atoms with van der Waals surface area (Å²) in [6.07, 6.45) is 1.43. The molecule has 0 saturated heterocycles. The van der Waals surface area contributed by atoms with E-state index in [9.17, 15) is 10.0 Å². The van der Waals surface area contributed by atoms with Crippen molar-refractivity contribution < 1.29 is 14.3 Å². The second kappa shape index (κ2) is 5.92. The lowest BCUT2D eigenvalue weighted by atomic mass is 10.0. The van der Waals surface area contributed by atoms with Gasteiger partial charge in [-0.25, -0.2) is 4.79 Å². The van der Waals surface area contributed by atoms with Gasteiger partial charge in [0.15, 0.2) is 6.20 Å². The number of esters is 1. The summed E-state index contributed by atoms with van der Waals surface area (Å²) in [4.78, 5) is 11.9. The minimum atomic E-state index is -0.495. The Bertz CT molecular complexity index is 638. The molecule has 0 saturated carbocycles. The first kappa shape index (κ1) is 14.3. The number of nitrogens with zero attached hydrogens (tertiary/aromatic N) is 1. The Morgan fingerprint density at radius 2 is 1.95 bits per heavy atom. The fourth-order valence-corrected chi connectivity index (χ4v) is 1.98. The van der Waals surface area contributed by atoms with E-state index in [4.69, 9.17) is 16.3 Å². The molecule has 2 aromatic rings. The molecule has 0 aliphatic rings. The summed E-state index contributed by atoms with van der Waals surface area (Å²) in [5.74, 6) is -0.495. The van der Waals surface area contributed by atoms with Crippen LogP contribution in [0.1, 0.15) is 23.0 Å². The van der Waals surface area contributed by atoms with Crippen LogP contribution in [0.4, 0.5) is 0 Å². The third-order valence-corrected chi connectivity index (χ3v) is 3.20. The lowest BCUT2D eigenvalue weighted by molar-refractivity contribution is -0.611. The summed E-state index contributed by atoms with van der Waals surface area (Å²) in [5, 5.41) is 12.5. The second-order valence-electron chi connectivity index (χ2n) is 4.28. The normalized spacial score (nSPS) is 10.3. The average molecular weight is 292 g/mol. The summed E-state index contributed by atoms with van der Waals surface area (Å²) in [6.45, 7) is 3.58. The molecule has 1 aromatic carbocycles. The number of carbonyl (C=O) groups excluding carboxylic acids is 1. The van der Waals surface area contributed by atoms with E-state index in [1.165, 1.54) is 6.20 Å². The predicted molar refractivity (Wildman–Crippen MR) is 76.5 cm³/mol. The van der Waals surface area contributed by atoms with E-state index in [1.54, 1.807) is 44.2 Å². The van der Waals surface area contributed by atoms with E-state index < -0.39 is 5.97 Å². The number of rotatable bonds is 3. The number of hydrogen-bond acceptors (Lipinski definition) is 3. The van der Waals surface area contributed by atoms with Crippen molar-refractivity contribution in [1.82, 2.24) is 0 Å². The summed E-state index contributed by atoms with van der Waals surface area (Å²) in [6, 6.07) is 8.71. The molecule has 20 heavy (non-hydrogen) atoms. The van der Waals surface area contributed by atoms with Crippen molar-refractivity contribution in [2.75, 3.05) is 6.61 Å². The van der Waals surface area contributed by atoms with E-state index in [0.29, 0.717) is 21.0 Å². The number of halogens is 1. The summed E-state index contributed by atoms with van der Waals surface area (Å²) >= 11 is 5.84. The van der Waals surface area contributed by atoms with Crippen LogP contribution in [0.25, 0.3) is 11.1 Å². The van der Waals surface area contributed by atoms with Crippen LogP contribution in [0.5, 0.6) is 0 Å². The van der Waals surface area contributed by atoms with Crippen LogP contribution in [0.3, 0.4) is 0 Å². The first-order valence-electron chi connectivity index (χ1n) is 6.19. The van der Waals surface area contributed by atoms with Gasteiger partial charge in [-0.15, -0.1) is 0 Å². The van der Waals surface area contributed by atoms with E-state index in [1.807, 2.05) is 0 Å². The number of carbonyl (C=O) groups is 1. The van der Waals surface area contributed by atoms with Gasteiger partial charge in [-0.05, 0) is 30.7 Å². The standard InChI is InChI=1S/C15H14ClNO3/c1-3-20-15(18)14-8-12(9-17(19)10(14)2)11-4-6-13(16)7-5-11/h4-9H,3H2,1-2H3. The highest BCUT2D eigenvalue weighted by atomic mass is 35.5. The van der Waals surface area contributed by atoms with Crippen LogP contribution >= 0.6 is 11.6 Å². The molecule has 0 bridgehead atoms. The Morgan fingerprint density at radius 3 is 2.55 bits per heavy atom. The van der Waals surface area contributed by atoms with Crippen LogP contribution in [-0.4, -0.2) is 12.6 Å². The highest BCUT2D eigenvalue weighted by molar-refractivity contribution is 6.30. The summed E-state index contributed by atoms with van der Waals surface area (Å²) in [5.41, 5.74) is 2.05. The zero-order chi connectivity index (χ0) is 14.7. The van der Waals surface area contributed by atoms with Gasteiger partial charge in [0.2, 0.25) is 5.69 Å². The minimum Gasteiger partial charge on any atom is -0.618 e. The molecule has 0 radical (unpaired) electrons. The Balaban J connectivity index is 2.50. The van der Waals surface area contributed by atoms with Crippen LogP contribution in [0, 0.1) is 12.1 Å². The van der Waals surface area contributed by atoms with Gasteiger partial charge in [-0.2, -0.15) is 4.73 Å². The molecule has 0 fully saturated rings. The number of benzene rings is 1. The van der Waals surface area contributed by atoms with Gasteiger partial charge >= 0.3 is 5.97 Å². The van der Waals surface area contributed by atoms with Gasteiger partial charge in [-0.3, -0.25) is 0 Å². The molecule has 0 spiro atoms. The van der Waals surface area contributed by atoms with Gasteiger partial charge in [-0.1, -0.05) is 23.7 Å². The SMILES string of the molecule is CCOC(=O)c1cc(-c2ccc(Cl)cc2)c[n+]([O-])c1C. The molecule has 0 aliphatic carbocycles. The Labute approximate surface area is 122 Å². The fraction of sp³-hybridized carbons (Fsp3) is 0.200. The maximum absolute atomic E-state index is 11.9. The molecule has 0 amide bonds. The quantitative estimate of drug-likeness (QED) is 0.496. The van der Waals surface area contributed by atoms with Crippen LogP contribution < -0.4 is 4.73 Å². The van der Waals surface area contributed by atoms with E-state index in [2.05, 4.69) is 0 Å². The minimum absolute atomic E-state index is 0.266. The van der Waals surface area contributed by atoms with Crippen molar-refractivity contribution in [2.45, 2.75) is 13.8 Å². The smallest absolute Gasteiger partial charge is 0.344 e. The Morgan fingerprint density at radius 1 is 1.30 bits per heavy atom. The number of ether oxygens (including phenoxy) is 1. The van der Waals surface area contributed by atoms with Gasteiger partial charge in [0.05, 0.1) is 6.61 Å². The Hall–Kier alpha value is -2.07. The molecule has 1 aromatic heterocycles. The van der Waals surface area contributed by atoms with Crippen molar-refractivity contribution in [1.29, 1.82) is 0 Å². The fourth-order valence-electron chi connectivity index (χ4n) is 1.85. The first-order chi connectivity index (χ1) is 9.52. The molecule has 0 unspecified atom stereocenters. The van der Waals surface area contributed by atoms with Gasteiger partial charge in [0.1, 0.15) is 5.56 Å². The predicted octanol–water partition coefficient (Wildman–Crippen LogP) is 3.13. The number of hydrogen-bond donors (Lipinski definition) is 0. The maximum atomic E-state index is 11.9. The molecule has 104 valence electrons. The molecule has 1 heterocycles. The lowest BCUT2D eigenvalue weighted by Crippen LogP contribution is -2.32. The number of pyridine rings is 1. The van der Waals surface area contributed by atoms with Crippen molar-refractivity contribution in [2.24, 2.45) is 0 Å². The molecule has 0 atom stereocenters. The Kier molecular flexibility index (Phi) is 4.25. The maximum Gasteiger partial charge on any atom is 0.344 e. The molecular weight excluding hydrogens is 278 g/mol. The highest BCUT2D eigenvalue weighted by Gasteiger charge is 2.19. The summed E-state index contributed by atoms with van der Waals surface area (Å²) in [7, 11) is 0. The zero-order valence-corrected chi connectivity index (χ0v) is 12.0. The van der Waals surface area contributed by atoms with E-state index >= 15 is 0 Å². The third-order valence-electron chi connectivity index (χ3n) is 2.95. The zero-order valence-electron chi connectivity index (χ0n) is 11.2. The van der Waals surface area contributed by atoms with Gasteiger partial charge in [0, 0.05) is 17.5 Å². The largest absolute Gasteiger partial charge is 0.618 e. The van der Waals surface area contributed by atoms with Crippen LogP contribution in [-0.2, 0) is 4.74 Å². The van der Waals surface area contributed by atoms with E-state index in [0.717, 1.165) is 5.56 Å². The van der Waals surface area contributed by atoms with Crippen molar-refractivity contribution >= 4 is 17.6 Å². The van der Waals surface area contributed by atoms with Crippen molar-refractivity contribution in [3.63, 3.8) is 0 Å². The molecule has 0 aliphatic heterocycles. The van der Waals surface area contributed by atoms with Gasteiger partial charge in [0.25, 0.3) is 0 Å². The molecule has 5 heteroatoms. The molecule has 2 rings (SSSR count). The van der Waals surface area contributed by atoms with Crippen molar-refractivity contribution in [3.8, 4) is 11.1 Å². The first-order valence-corrected chi connectivity index (χ1v) is 6.57. The lowest BCUT2D eigenvalue weighted by Gasteiger charge is -2.09. The number of aromatic nitrogens is 1. The van der Waals surface area contributed by atoms with Crippen LogP contribution in [0.15, 0.2) is 36.5 Å². The van der Waals surface area contributed by atoms with Crippen molar-refractivity contribution in [3.05, 3.63) is 58.0 Å². The topological polar surface area (TPSA) is 53.2 Å². The average Bonchev–Trinajstić information content (AvgIpc) is 2.43. The molecule has 4 nitrogen and oxygen atoms in total. The molecular formula is C15H14ClNO3. The monoisotopic (exact) mass is 291 g/mol.